The predicted molar refractivity (Wildman–Crippen MR) is 67.0 cm³/mol. The lowest BCUT2D eigenvalue weighted by Crippen LogP contribution is -2.28. The SMILES string of the molecule is C.C.CC(C)(C)C(=O)CC(=O)C(C)(C)C. The van der Waals surface area contributed by atoms with Crippen LogP contribution in [0.2, 0.25) is 0 Å². The molecule has 0 aliphatic rings. The Morgan fingerprint density at radius 3 is 1.07 bits per heavy atom. The Labute approximate surface area is 95.5 Å². The zero-order chi connectivity index (χ0) is 10.9. The molecule has 0 aromatic heterocycles. The van der Waals surface area contributed by atoms with E-state index in [1.54, 1.807) is 0 Å². The molecular formula is C13H28O2. The Bertz CT molecular complexity index is 190. The smallest absolute Gasteiger partial charge is 0.145 e. The fourth-order valence-corrected chi connectivity index (χ4v) is 0.676. The number of rotatable bonds is 2. The second-order valence-corrected chi connectivity index (χ2v) is 5.52. The summed E-state index contributed by atoms with van der Waals surface area (Å²) in [6, 6.07) is 0. The van der Waals surface area contributed by atoms with Gasteiger partial charge >= 0.3 is 0 Å². The Morgan fingerprint density at radius 2 is 0.933 bits per heavy atom. The van der Waals surface area contributed by atoms with Crippen molar-refractivity contribution >= 4 is 11.6 Å². The van der Waals surface area contributed by atoms with Gasteiger partial charge in [-0.2, -0.15) is 0 Å². The van der Waals surface area contributed by atoms with E-state index in [1.165, 1.54) is 0 Å². The van der Waals surface area contributed by atoms with E-state index in [9.17, 15) is 9.59 Å². The highest BCUT2D eigenvalue weighted by molar-refractivity contribution is 6.03. The lowest BCUT2D eigenvalue weighted by molar-refractivity contribution is -0.135. The van der Waals surface area contributed by atoms with Crippen molar-refractivity contribution in [3.8, 4) is 0 Å². The van der Waals surface area contributed by atoms with Gasteiger partial charge in [-0.3, -0.25) is 9.59 Å². The molecule has 0 saturated heterocycles. The van der Waals surface area contributed by atoms with E-state index in [1.807, 2.05) is 41.5 Å². The molecule has 0 atom stereocenters. The topological polar surface area (TPSA) is 34.1 Å². The second kappa shape index (κ2) is 6.04. The van der Waals surface area contributed by atoms with Crippen LogP contribution in [0.3, 0.4) is 0 Å². The maximum atomic E-state index is 11.5. The maximum Gasteiger partial charge on any atom is 0.145 e. The number of ketones is 2. The molecule has 15 heavy (non-hydrogen) atoms. The molecule has 0 unspecified atom stereocenters. The highest BCUT2D eigenvalue weighted by Gasteiger charge is 2.28. The van der Waals surface area contributed by atoms with Gasteiger partial charge in [0.2, 0.25) is 0 Å². The van der Waals surface area contributed by atoms with Crippen LogP contribution >= 0.6 is 0 Å². The normalized spacial score (nSPS) is 11.1. The Kier molecular flexibility index (Phi) is 7.99. The molecule has 0 fully saturated rings. The molecule has 0 aliphatic heterocycles. The van der Waals surface area contributed by atoms with Gasteiger partial charge in [-0.1, -0.05) is 56.4 Å². The number of hydrogen-bond acceptors (Lipinski definition) is 2. The van der Waals surface area contributed by atoms with Gasteiger partial charge in [0, 0.05) is 10.8 Å². The fourth-order valence-electron chi connectivity index (χ4n) is 0.676. The van der Waals surface area contributed by atoms with Crippen LogP contribution in [0.4, 0.5) is 0 Å². The lowest BCUT2D eigenvalue weighted by Gasteiger charge is -2.20. The zero-order valence-corrected chi connectivity index (χ0v) is 9.52. The molecule has 0 heterocycles. The van der Waals surface area contributed by atoms with Gasteiger partial charge < -0.3 is 0 Å². The van der Waals surface area contributed by atoms with Crippen LogP contribution in [0, 0.1) is 10.8 Å². The molecule has 0 N–H and O–H groups in total. The molecule has 0 aliphatic carbocycles. The van der Waals surface area contributed by atoms with Crippen molar-refractivity contribution in [2.45, 2.75) is 62.8 Å². The molecule has 0 aromatic rings. The van der Waals surface area contributed by atoms with Crippen LogP contribution in [-0.2, 0) is 9.59 Å². The minimum absolute atomic E-state index is 0. The van der Waals surface area contributed by atoms with Crippen LogP contribution in [0.15, 0.2) is 0 Å². The molecule has 0 rings (SSSR count). The first-order chi connectivity index (χ1) is 5.55. The first-order valence-corrected chi connectivity index (χ1v) is 4.62. The first kappa shape index (κ1) is 19.8. The third-order valence-electron chi connectivity index (χ3n) is 1.99. The summed E-state index contributed by atoms with van der Waals surface area (Å²) in [5.74, 6) is 0.0415. The monoisotopic (exact) mass is 216 g/mol. The third-order valence-corrected chi connectivity index (χ3v) is 1.99. The molecule has 2 nitrogen and oxygen atoms in total. The van der Waals surface area contributed by atoms with Crippen LogP contribution < -0.4 is 0 Å². The van der Waals surface area contributed by atoms with Crippen molar-refractivity contribution in [3.63, 3.8) is 0 Å². The summed E-state index contributed by atoms with van der Waals surface area (Å²) >= 11 is 0. The molecular weight excluding hydrogens is 188 g/mol. The van der Waals surface area contributed by atoms with Crippen LogP contribution in [-0.4, -0.2) is 11.6 Å². The van der Waals surface area contributed by atoms with Crippen molar-refractivity contribution in [3.05, 3.63) is 0 Å². The minimum atomic E-state index is -0.402. The summed E-state index contributed by atoms with van der Waals surface area (Å²) in [4.78, 5) is 23.0. The van der Waals surface area contributed by atoms with Crippen molar-refractivity contribution in [1.82, 2.24) is 0 Å². The van der Waals surface area contributed by atoms with Crippen molar-refractivity contribution < 1.29 is 9.59 Å². The largest absolute Gasteiger partial charge is 0.299 e. The van der Waals surface area contributed by atoms with E-state index >= 15 is 0 Å². The molecule has 0 aromatic carbocycles. The van der Waals surface area contributed by atoms with Gasteiger partial charge in [-0.25, -0.2) is 0 Å². The number of Topliss-reactive ketones (excluding diaryl/α,β-unsaturated/α-hetero) is 2. The van der Waals surface area contributed by atoms with Crippen molar-refractivity contribution in [1.29, 1.82) is 0 Å². The zero-order valence-electron chi connectivity index (χ0n) is 9.52. The predicted octanol–water partition coefficient (Wildman–Crippen LogP) is 3.88. The molecule has 0 bridgehead atoms. The van der Waals surface area contributed by atoms with Gasteiger partial charge in [0.05, 0.1) is 6.42 Å². The first-order valence-electron chi connectivity index (χ1n) is 4.62. The quantitative estimate of drug-likeness (QED) is 0.656. The molecule has 0 amide bonds. The van der Waals surface area contributed by atoms with Crippen LogP contribution in [0.25, 0.3) is 0 Å². The van der Waals surface area contributed by atoms with Crippen LogP contribution in [0.5, 0.6) is 0 Å². The lowest BCUT2D eigenvalue weighted by atomic mass is 9.82. The average Bonchev–Trinajstić information content (AvgIpc) is 1.82. The maximum absolute atomic E-state index is 11.5. The van der Waals surface area contributed by atoms with E-state index < -0.39 is 10.8 Å². The van der Waals surface area contributed by atoms with Crippen molar-refractivity contribution in [2.24, 2.45) is 10.8 Å². The minimum Gasteiger partial charge on any atom is -0.299 e. The van der Waals surface area contributed by atoms with E-state index in [0.29, 0.717) is 0 Å². The van der Waals surface area contributed by atoms with Gasteiger partial charge in [-0.05, 0) is 0 Å². The summed E-state index contributed by atoms with van der Waals surface area (Å²) in [6.07, 6.45) is 0.0625. The molecule has 2 heteroatoms. The number of carbonyl (C=O) groups is 2. The summed E-state index contributed by atoms with van der Waals surface area (Å²) in [7, 11) is 0. The Morgan fingerprint density at radius 1 is 0.733 bits per heavy atom. The van der Waals surface area contributed by atoms with Gasteiger partial charge in [0.15, 0.2) is 0 Å². The molecule has 0 radical (unpaired) electrons. The molecule has 92 valence electrons. The summed E-state index contributed by atoms with van der Waals surface area (Å²) in [6.45, 7) is 11.0. The number of hydrogen-bond donors (Lipinski definition) is 0. The summed E-state index contributed by atoms with van der Waals surface area (Å²) in [5, 5.41) is 0. The average molecular weight is 216 g/mol. The highest BCUT2D eigenvalue weighted by atomic mass is 16.1. The summed E-state index contributed by atoms with van der Waals surface area (Å²) in [5.41, 5.74) is -0.804. The van der Waals surface area contributed by atoms with Gasteiger partial charge in [0.25, 0.3) is 0 Å². The van der Waals surface area contributed by atoms with E-state index in [-0.39, 0.29) is 32.8 Å². The van der Waals surface area contributed by atoms with Gasteiger partial charge in [0.1, 0.15) is 11.6 Å². The van der Waals surface area contributed by atoms with Crippen molar-refractivity contribution in [2.75, 3.05) is 0 Å². The second-order valence-electron chi connectivity index (χ2n) is 5.52. The third kappa shape index (κ3) is 7.29. The van der Waals surface area contributed by atoms with E-state index in [0.717, 1.165) is 0 Å². The Balaban J connectivity index is -0.000000720. The van der Waals surface area contributed by atoms with Crippen LogP contribution in [0.1, 0.15) is 62.8 Å². The highest BCUT2D eigenvalue weighted by Crippen LogP contribution is 2.22. The molecule has 0 saturated carbocycles. The van der Waals surface area contributed by atoms with Gasteiger partial charge in [-0.15, -0.1) is 0 Å². The fraction of sp³-hybridized carbons (Fsp3) is 0.846. The Hall–Kier alpha value is -0.660. The molecule has 0 spiro atoms. The summed E-state index contributed by atoms with van der Waals surface area (Å²) < 4.78 is 0. The van der Waals surface area contributed by atoms with E-state index in [4.69, 9.17) is 0 Å². The standard InChI is InChI=1S/C11H20O2.2CH4/c1-10(2,3)8(12)7-9(13)11(4,5)6;;/h7H2,1-6H3;2*1H4. The number of carbonyl (C=O) groups excluding carboxylic acids is 2. The van der Waals surface area contributed by atoms with E-state index in [2.05, 4.69) is 0 Å².